The van der Waals surface area contributed by atoms with E-state index in [4.69, 9.17) is 15.6 Å². The van der Waals surface area contributed by atoms with Gasteiger partial charge >= 0.3 is 5.97 Å². The molecule has 220 valence electrons. The third-order valence-corrected chi connectivity index (χ3v) is 5.96. The van der Waals surface area contributed by atoms with Crippen LogP contribution in [0, 0.1) is 5.92 Å². The van der Waals surface area contributed by atoms with Crippen molar-refractivity contribution in [3.8, 4) is 0 Å². The van der Waals surface area contributed by atoms with Gasteiger partial charge < -0.3 is 57.3 Å². The van der Waals surface area contributed by atoms with Gasteiger partial charge in [0, 0.05) is 0 Å². The molecule has 0 spiro atoms. The molecule has 1 aliphatic heterocycles. The molecule has 3 amide bonds. The molecule has 0 radical (unpaired) electrons. The highest BCUT2D eigenvalue weighted by molar-refractivity contribution is 5.93. The first kappa shape index (κ1) is 33.6. The number of aliphatic hydroxyl groups is 4. The highest BCUT2D eigenvalue weighted by Gasteiger charge is 2.48. The van der Waals surface area contributed by atoms with Gasteiger partial charge in [-0.1, -0.05) is 13.8 Å². The van der Waals surface area contributed by atoms with Crippen molar-refractivity contribution in [1.82, 2.24) is 21.3 Å². The average molecular weight is 550 g/mol. The van der Waals surface area contributed by atoms with Crippen molar-refractivity contribution in [1.29, 1.82) is 0 Å². The normalized spacial score (nSPS) is 25.8. The minimum atomic E-state index is -2.08. The van der Waals surface area contributed by atoms with E-state index in [1.807, 2.05) is 13.8 Å². The summed E-state index contributed by atoms with van der Waals surface area (Å²) >= 11 is 0. The number of carbonyl (C=O) groups is 4. The number of ether oxygens (including phenoxy) is 1. The number of amides is 3. The van der Waals surface area contributed by atoms with Crippen molar-refractivity contribution in [2.24, 2.45) is 11.7 Å². The first-order valence-electron chi connectivity index (χ1n) is 12.6. The molecular formula is C23H43N5O10. The number of hydrogen-bond acceptors (Lipinski definition) is 11. The monoisotopic (exact) mass is 549 g/mol. The van der Waals surface area contributed by atoms with Crippen LogP contribution < -0.4 is 27.0 Å². The van der Waals surface area contributed by atoms with Gasteiger partial charge in [-0.3, -0.25) is 19.2 Å². The second-order valence-electron chi connectivity index (χ2n) is 9.98. The number of rotatable bonds is 16. The molecule has 0 saturated carbocycles. The Kier molecular flexibility index (Phi) is 14.1. The highest BCUT2D eigenvalue weighted by atomic mass is 16.6. The Morgan fingerprint density at radius 2 is 1.63 bits per heavy atom. The Bertz CT molecular complexity index is 799. The summed E-state index contributed by atoms with van der Waals surface area (Å²) in [5.41, 5.74) is 5.61. The first-order chi connectivity index (χ1) is 17.7. The third-order valence-electron chi connectivity index (χ3n) is 5.96. The zero-order chi connectivity index (χ0) is 29.0. The van der Waals surface area contributed by atoms with Crippen molar-refractivity contribution < 1.29 is 49.4 Å². The van der Waals surface area contributed by atoms with E-state index in [1.54, 1.807) is 0 Å². The van der Waals surface area contributed by atoms with Crippen LogP contribution in [-0.4, -0.2) is 118 Å². The summed E-state index contributed by atoms with van der Waals surface area (Å²) in [6, 6.07) is -2.90. The second kappa shape index (κ2) is 15.9. The Labute approximate surface area is 221 Å². The molecule has 1 aliphatic rings. The number of aliphatic carboxylic acids is 1. The molecule has 1 heterocycles. The van der Waals surface area contributed by atoms with Crippen LogP contribution in [0.3, 0.4) is 0 Å². The number of nitrogens with two attached hydrogens (primary N) is 1. The van der Waals surface area contributed by atoms with Gasteiger partial charge in [-0.2, -0.15) is 0 Å². The number of nitrogens with one attached hydrogen (secondary N) is 4. The van der Waals surface area contributed by atoms with E-state index in [-0.39, 0.29) is 31.9 Å². The Balaban J connectivity index is 2.68. The minimum absolute atomic E-state index is 0.00455. The smallest absolute Gasteiger partial charge is 0.322 e. The summed E-state index contributed by atoms with van der Waals surface area (Å²) < 4.78 is 5.07. The molecule has 15 heteroatoms. The maximum absolute atomic E-state index is 13.0. The summed E-state index contributed by atoms with van der Waals surface area (Å²) in [6.45, 7) is 4.27. The van der Waals surface area contributed by atoms with Crippen LogP contribution in [-0.2, 0) is 23.9 Å². The SMILES string of the molecule is CC(C)C[C@H](NC(=O)[C@H](CCCCNC[C@@]1(O)OC[C@@H](O)[C@@H](O)[C@@H]1O)NC(=O)[C@H](C)N)C(=O)NCC(=O)O. The minimum Gasteiger partial charge on any atom is -0.480 e. The highest BCUT2D eigenvalue weighted by Crippen LogP contribution is 2.23. The predicted octanol–water partition coefficient (Wildman–Crippen LogP) is -3.89. The van der Waals surface area contributed by atoms with Gasteiger partial charge in [0.25, 0.3) is 0 Å². The number of carbonyl (C=O) groups excluding carboxylic acids is 3. The van der Waals surface area contributed by atoms with Gasteiger partial charge in [-0.05, 0) is 45.1 Å². The predicted molar refractivity (Wildman–Crippen MR) is 133 cm³/mol. The van der Waals surface area contributed by atoms with Crippen molar-refractivity contribution in [2.75, 3.05) is 26.2 Å². The van der Waals surface area contributed by atoms with Gasteiger partial charge in [-0.15, -0.1) is 0 Å². The van der Waals surface area contributed by atoms with Gasteiger partial charge in [0.2, 0.25) is 23.5 Å². The molecule has 1 saturated heterocycles. The lowest BCUT2D eigenvalue weighted by molar-refractivity contribution is -0.317. The summed E-state index contributed by atoms with van der Waals surface area (Å²) in [6.07, 6.45) is -3.26. The Hall–Kier alpha value is -2.40. The molecule has 0 aromatic rings. The van der Waals surface area contributed by atoms with Crippen LogP contribution in [0.1, 0.15) is 46.5 Å². The fourth-order valence-electron chi connectivity index (χ4n) is 3.75. The zero-order valence-corrected chi connectivity index (χ0v) is 22.1. The van der Waals surface area contributed by atoms with Gasteiger partial charge in [0.15, 0.2) is 0 Å². The Morgan fingerprint density at radius 3 is 2.21 bits per heavy atom. The summed E-state index contributed by atoms with van der Waals surface area (Å²) in [7, 11) is 0. The molecule has 0 aromatic heterocycles. The van der Waals surface area contributed by atoms with Crippen LogP contribution in [0.15, 0.2) is 0 Å². The van der Waals surface area contributed by atoms with E-state index in [0.29, 0.717) is 19.4 Å². The van der Waals surface area contributed by atoms with E-state index in [2.05, 4.69) is 21.3 Å². The van der Waals surface area contributed by atoms with Gasteiger partial charge in [-0.25, -0.2) is 0 Å². The largest absolute Gasteiger partial charge is 0.480 e. The fraction of sp³-hybridized carbons (Fsp3) is 0.826. The van der Waals surface area contributed by atoms with Crippen LogP contribution in [0.5, 0.6) is 0 Å². The number of aliphatic hydroxyl groups excluding tert-OH is 3. The molecule has 7 atom stereocenters. The lowest BCUT2D eigenvalue weighted by Crippen LogP contribution is -2.64. The van der Waals surface area contributed by atoms with Crippen molar-refractivity contribution in [2.45, 2.75) is 88.7 Å². The molecule has 15 nitrogen and oxygen atoms in total. The number of carboxylic acid groups (broad SMARTS) is 1. The maximum atomic E-state index is 13.0. The van der Waals surface area contributed by atoms with E-state index < -0.39 is 72.5 Å². The molecular weight excluding hydrogens is 506 g/mol. The Morgan fingerprint density at radius 1 is 1.00 bits per heavy atom. The number of carboxylic acids is 1. The molecule has 11 N–H and O–H groups in total. The van der Waals surface area contributed by atoms with Crippen molar-refractivity contribution in [3.63, 3.8) is 0 Å². The molecule has 1 fully saturated rings. The van der Waals surface area contributed by atoms with Gasteiger partial charge in [0.1, 0.15) is 36.9 Å². The lowest BCUT2D eigenvalue weighted by Gasteiger charge is -2.41. The van der Waals surface area contributed by atoms with Crippen molar-refractivity contribution in [3.05, 3.63) is 0 Å². The van der Waals surface area contributed by atoms with E-state index in [0.717, 1.165) is 0 Å². The first-order valence-corrected chi connectivity index (χ1v) is 12.6. The third kappa shape index (κ3) is 11.1. The average Bonchev–Trinajstić information content (AvgIpc) is 2.84. The van der Waals surface area contributed by atoms with E-state index in [1.165, 1.54) is 6.92 Å². The van der Waals surface area contributed by atoms with Crippen LogP contribution in [0.25, 0.3) is 0 Å². The van der Waals surface area contributed by atoms with Crippen LogP contribution in [0.4, 0.5) is 0 Å². The standard InChI is InChI=1S/C23H43N5O10/c1-12(2)8-15(21(35)26-9-17(30)31)28-22(36)14(27-20(34)13(3)24)6-4-5-7-25-11-23(37)19(33)18(32)16(29)10-38-23/h12-16,18-19,25,29,32-33,37H,4-11,24H2,1-3H3,(H,26,35)(H,27,34)(H,28,36)(H,30,31)/t13-,14-,15-,16+,18+,19-,23+/m0/s1. The topological polar surface area (TPSA) is 253 Å². The van der Waals surface area contributed by atoms with E-state index in [9.17, 15) is 39.6 Å². The second-order valence-corrected chi connectivity index (χ2v) is 9.98. The van der Waals surface area contributed by atoms with E-state index >= 15 is 0 Å². The van der Waals surface area contributed by atoms with Crippen LogP contribution in [0.2, 0.25) is 0 Å². The van der Waals surface area contributed by atoms with Crippen molar-refractivity contribution >= 4 is 23.7 Å². The molecule has 0 aromatic carbocycles. The zero-order valence-electron chi connectivity index (χ0n) is 22.1. The molecule has 38 heavy (non-hydrogen) atoms. The molecule has 0 aliphatic carbocycles. The number of hydrogen-bond donors (Lipinski definition) is 10. The molecule has 0 bridgehead atoms. The summed E-state index contributed by atoms with van der Waals surface area (Å²) in [5, 5.41) is 58.7. The summed E-state index contributed by atoms with van der Waals surface area (Å²) in [4.78, 5) is 48.4. The number of unbranched alkanes of at least 4 members (excludes halogenated alkanes) is 1. The summed E-state index contributed by atoms with van der Waals surface area (Å²) in [5.74, 6) is -5.15. The maximum Gasteiger partial charge on any atom is 0.322 e. The van der Waals surface area contributed by atoms with Crippen LogP contribution >= 0.6 is 0 Å². The quantitative estimate of drug-likeness (QED) is 0.0830. The van der Waals surface area contributed by atoms with Gasteiger partial charge in [0.05, 0.1) is 19.2 Å². The molecule has 1 rings (SSSR count). The molecule has 0 unspecified atom stereocenters. The fourth-order valence-corrected chi connectivity index (χ4v) is 3.75. The lowest BCUT2D eigenvalue weighted by atomic mass is 9.97.